The Morgan fingerprint density at radius 3 is 2.93 bits per heavy atom. The van der Waals surface area contributed by atoms with Crippen LogP contribution in [0, 0.1) is 12.7 Å². The first-order valence-electron chi connectivity index (χ1n) is 9.92. The summed E-state index contributed by atoms with van der Waals surface area (Å²) in [5, 5.41) is 4.01. The Hall–Kier alpha value is -2.45. The number of carbonyl (C=O) groups is 1. The van der Waals surface area contributed by atoms with Gasteiger partial charge < -0.3 is 14.4 Å². The summed E-state index contributed by atoms with van der Waals surface area (Å²) in [7, 11) is 1.39. The first-order chi connectivity index (χ1) is 14.3. The zero-order valence-electron chi connectivity index (χ0n) is 17.0. The van der Waals surface area contributed by atoms with E-state index >= 15 is 4.39 Å². The second kappa shape index (κ2) is 6.52. The van der Waals surface area contributed by atoms with Gasteiger partial charge in [-0.25, -0.2) is 14.2 Å². The van der Waals surface area contributed by atoms with Gasteiger partial charge in [-0.05, 0) is 38.3 Å². The molecule has 158 valence electrons. The van der Waals surface area contributed by atoms with Crippen molar-refractivity contribution in [2.75, 3.05) is 18.6 Å². The van der Waals surface area contributed by atoms with E-state index in [1.165, 1.54) is 7.11 Å². The van der Waals surface area contributed by atoms with E-state index in [1.807, 2.05) is 6.92 Å². The maximum Gasteiger partial charge on any atom is 0.327 e. The number of hydrogen-bond donors (Lipinski definition) is 1. The van der Waals surface area contributed by atoms with Gasteiger partial charge in [0.1, 0.15) is 17.5 Å². The van der Waals surface area contributed by atoms with Gasteiger partial charge in [0.15, 0.2) is 11.0 Å². The number of halogens is 2. The molecule has 2 aromatic heterocycles. The Bertz CT molecular complexity index is 1110. The monoisotopic (exact) mass is 432 g/mol. The molecule has 2 aromatic rings. The summed E-state index contributed by atoms with van der Waals surface area (Å²) in [6.07, 6.45) is 2.73. The van der Waals surface area contributed by atoms with Crippen molar-refractivity contribution in [2.24, 2.45) is 0 Å². The number of ether oxygens (including phenoxy) is 2. The molecule has 0 radical (unpaired) electrons. The summed E-state index contributed by atoms with van der Waals surface area (Å²) in [5.74, 6) is -0.147. The van der Waals surface area contributed by atoms with Gasteiger partial charge in [0, 0.05) is 18.0 Å². The Balaban J connectivity index is 1.82. The average Bonchev–Trinajstić information content (AvgIpc) is 3.02. The third-order valence-corrected chi connectivity index (χ3v) is 6.90. The van der Waals surface area contributed by atoms with Gasteiger partial charge in [-0.15, -0.1) is 0 Å². The van der Waals surface area contributed by atoms with Crippen LogP contribution in [0.5, 0.6) is 5.88 Å². The number of nitrogens with zero attached hydrogens (tertiary/aromatic N) is 3. The molecule has 2 bridgehead atoms. The molecular formula is C21H22ClFN4O3. The van der Waals surface area contributed by atoms with Crippen molar-refractivity contribution in [1.82, 2.24) is 15.3 Å². The Morgan fingerprint density at radius 1 is 1.47 bits per heavy atom. The predicted molar refractivity (Wildman–Crippen MR) is 111 cm³/mol. The summed E-state index contributed by atoms with van der Waals surface area (Å²) in [4.78, 5) is 23.7. The summed E-state index contributed by atoms with van der Waals surface area (Å²) in [6.45, 7) is 7.89. The molecule has 5 heterocycles. The number of esters is 1. The van der Waals surface area contributed by atoms with E-state index in [1.54, 1.807) is 13.0 Å². The molecule has 5 rings (SSSR count). The van der Waals surface area contributed by atoms with Crippen LogP contribution in [-0.2, 0) is 9.53 Å². The van der Waals surface area contributed by atoms with E-state index in [2.05, 4.69) is 21.8 Å². The molecule has 3 aliphatic rings. The van der Waals surface area contributed by atoms with E-state index in [-0.39, 0.29) is 35.2 Å². The number of nitrogens with one attached hydrogen (secondary N) is 1. The lowest BCUT2D eigenvalue weighted by molar-refractivity contribution is -0.148. The second-order valence-corrected chi connectivity index (χ2v) is 8.58. The van der Waals surface area contributed by atoms with Crippen LogP contribution in [0.25, 0.3) is 16.8 Å². The number of piperazine rings is 1. The first kappa shape index (κ1) is 19.5. The maximum absolute atomic E-state index is 15.2. The third-order valence-electron chi connectivity index (χ3n) is 6.65. The second-order valence-electron chi connectivity index (χ2n) is 8.23. The van der Waals surface area contributed by atoms with Crippen molar-refractivity contribution in [1.29, 1.82) is 0 Å². The highest BCUT2D eigenvalue weighted by molar-refractivity contribution is 6.30. The number of rotatable bonds is 2. The molecule has 0 aromatic carbocycles. The van der Waals surface area contributed by atoms with Crippen LogP contribution < -0.4 is 15.0 Å². The van der Waals surface area contributed by atoms with Crippen molar-refractivity contribution in [3.63, 3.8) is 0 Å². The van der Waals surface area contributed by atoms with E-state index in [4.69, 9.17) is 26.1 Å². The standard InChI is InChI=1S/C21H22ClFN4O3/c1-5-11-9(2)13-14-18(24-11)27-8-21(20(28)29-4)7-6-12(26-21)16(27)10(3)30-19(14)25-17(22)15(13)23/h5,10,12,16,26H,1,6-8H2,2-4H3/t10-,12-,16+,21+/m0/s1. The van der Waals surface area contributed by atoms with Crippen LogP contribution in [0.2, 0.25) is 5.15 Å². The van der Waals surface area contributed by atoms with Crippen LogP contribution in [0.15, 0.2) is 6.58 Å². The smallest absolute Gasteiger partial charge is 0.327 e. The summed E-state index contributed by atoms with van der Waals surface area (Å²) in [6, 6.07) is -0.148. The van der Waals surface area contributed by atoms with Gasteiger partial charge in [0.05, 0.1) is 24.2 Å². The molecule has 0 spiro atoms. The normalized spacial score (nSPS) is 29.2. The van der Waals surface area contributed by atoms with E-state index < -0.39 is 11.4 Å². The molecule has 0 unspecified atom stereocenters. The number of methoxy groups -OCH3 is 1. The van der Waals surface area contributed by atoms with Crippen LogP contribution in [-0.4, -0.2) is 53.3 Å². The van der Waals surface area contributed by atoms with Crippen LogP contribution in [0.4, 0.5) is 10.2 Å². The zero-order chi connectivity index (χ0) is 21.4. The van der Waals surface area contributed by atoms with Gasteiger partial charge >= 0.3 is 5.97 Å². The van der Waals surface area contributed by atoms with Gasteiger partial charge in [0.2, 0.25) is 5.88 Å². The molecule has 2 fully saturated rings. The number of aryl methyl sites for hydroxylation is 1. The SMILES string of the molecule is C=Cc1nc2c3c(nc(Cl)c(F)c3c1C)O[C@@H](C)[C@@H]1[C@@H]3CC[C@](C(=O)OC)(CN21)N3. The lowest BCUT2D eigenvalue weighted by Gasteiger charge is -2.46. The number of carbonyl (C=O) groups excluding carboxylic acids is 1. The molecule has 1 N–H and O–H groups in total. The number of fused-ring (bicyclic) bond motifs is 5. The van der Waals surface area contributed by atoms with Crippen molar-refractivity contribution >= 4 is 40.2 Å². The molecular weight excluding hydrogens is 411 g/mol. The highest BCUT2D eigenvalue weighted by atomic mass is 35.5. The average molecular weight is 433 g/mol. The number of aromatic nitrogens is 2. The van der Waals surface area contributed by atoms with Crippen LogP contribution >= 0.6 is 11.6 Å². The largest absolute Gasteiger partial charge is 0.472 e. The van der Waals surface area contributed by atoms with Crippen molar-refractivity contribution < 1.29 is 18.7 Å². The quantitative estimate of drug-likeness (QED) is 0.577. The number of pyridine rings is 2. The van der Waals surface area contributed by atoms with E-state index in [9.17, 15) is 4.79 Å². The molecule has 9 heteroatoms. The fraction of sp³-hybridized carbons (Fsp3) is 0.476. The molecule has 0 aliphatic carbocycles. The minimum Gasteiger partial charge on any atom is -0.472 e. The Morgan fingerprint density at radius 2 is 2.23 bits per heavy atom. The van der Waals surface area contributed by atoms with E-state index in [0.717, 1.165) is 6.42 Å². The Labute approximate surface area is 178 Å². The molecule has 2 saturated heterocycles. The Kier molecular flexibility index (Phi) is 4.24. The first-order valence-corrected chi connectivity index (χ1v) is 10.3. The zero-order valence-corrected chi connectivity index (χ0v) is 17.7. The summed E-state index contributed by atoms with van der Waals surface area (Å²) >= 11 is 6.12. The molecule has 7 nitrogen and oxygen atoms in total. The summed E-state index contributed by atoms with van der Waals surface area (Å²) in [5.41, 5.74) is 0.324. The minimum atomic E-state index is -0.841. The maximum atomic E-state index is 15.2. The van der Waals surface area contributed by atoms with E-state index in [0.29, 0.717) is 40.8 Å². The lowest BCUT2D eigenvalue weighted by Crippen LogP contribution is -2.70. The highest BCUT2D eigenvalue weighted by Gasteiger charge is 2.57. The number of hydrogen-bond acceptors (Lipinski definition) is 7. The highest BCUT2D eigenvalue weighted by Crippen LogP contribution is 2.46. The molecule has 0 amide bonds. The van der Waals surface area contributed by atoms with Gasteiger partial charge in [-0.3, -0.25) is 5.32 Å². The minimum absolute atomic E-state index is 0.0205. The van der Waals surface area contributed by atoms with Gasteiger partial charge in [0.25, 0.3) is 0 Å². The lowest BCUT2D eigenvalue weighted by atomic mass is 9.94. The number of anilines is 1. The van der Waals surface area contributed by atoms with Crippen LogP contribution in [0.3, 0.4) is 0 Å². The van der Waals surface area contributed by atoms with Gasteiger partial charge in [-0.1, -0.05) is 18.2 Å². The van der Waals surface area contributed by atoms with Gasteiger partial charge in [-0.2, -0.15) is 4.98 Å². The predicted octanol–water partition coefficient (Wildman–Crippen LogP) is 3.01. The molecule has 4 atom stereocenters. The molecule has 3 aliphatic heterocycles. The third kappa shape index (κ3) is 2.43. The van der Waals surface area contributed by atoms with Crippen molar-refractivity contribution in [3.05, 3.63) is 28.8 Å². The topological polar surface area (TPSA) is 76.6 Å². The molecule has 0 saturated carbocycles. The van der Waals surface area contributed by atoms with Crippen molar-refractivity contribution in [3.8, 4) is 5.88 Å². The fourth-order valence-corrected chi connectivity index (χ4v) is 5.48. The molecule has 30 heavy (non-hydrogen) atoms. The van der Waals surface area contributed by atoms with Crippen molar-refractivity contribution in [2.45, 2.75) is 50.4 Å². The van der Waals surface area contributed by atoms with Crippen LogP contribution in [0.1, 0.15) is 31.0 Å². The summed E-state index contributed by atoms with van der Waals surface area (Å²) < 4.78 is 26.5. The fourth-order valence-electron chi connectivity index (χ4n) is 5.31.